The molecule has 0 spiro atoms. The number of alkyl halides is 1. The summed E-state index contributed by atoms with van der Waals surface area (Å²) >= 11 is 5.18. The maximum atomic E-state index is 11.1. The molecule has 0 aliphatic rings. The molecule has 0 saturated heterocycles. The number of hydrogen-bond acceptors (Lipinski definition) is 5. The number of anilines is 1. The Morgan fingerprint density at radius 3 is 2.39 bits per heavy atom. The molecule has 0 saturated carbocycles. The molecular formula is C9H9ClN4O4. The number of nitro groups is 1. The Bertz CT molecular complexity index is 462. The van der Waals surface area contributed by atoms with Gasteiger partial charge >= 0.3 is 6.03 Å². The van der Waals surface area contributed by atoms with E-state index in [2.05, 4.69) is 10.9 Å². The van der Waals surface area contributed by atoms with Crippen LogP contribution in [0.25, 0.3) is 0 Å². The number of hydrogen-bond donors (Lipinski definition) is 3. The number of halogens is 1. The van der Waals surface area contributed by atoms with Gasteiger partial charge in [-0.25, -0.2) is 4.79 Å². The Hall–Kier alpha value is -2.35. The molecule has 0 unspecified atom stereocenters. The molecule has 18 heavy (non-hydrogen) atoms. The molecule has 0 fully saturated rings. The molecule has 0 aromatic heterocycles. The lowest BCUT2D eigenvalue weighted by molar-refractivity contribution is -0.384. The van der Waals surface area contributed by atoms with E-state index in [4.69, 9.17) is 11.6 Å². The highest BCUT2D eigenvalue weighted by Crippen LogP contribution is 2.14. The molecule has 0 heterocycles. The number of nitrogens with one attached hydrogen (secondary N) is 3. The SMILES string of the molecule is O=C(CCl)NC(=O)NNc1ccc([N+](=O)[O-])cc1. The van der Waals surface area contributed by atoms with E-state index in [1.165, 1.54) is 24.3 Å². The smallest absolute Gasteiger partial charge is 0.297 e. The van der Waals surface area contributed by atoms with Crippen LogP contribution in [0.15, 0.2) is 24.3 Å². The summed E-state index contributed by atoms with van der Waals surface area (Å²) in [6.45, 7) is 0. The van der Waals surface area contributed by atoms with E-state index in [9.17, 15) is 19.7 Å². The van der Waals surface area contributed by atoms with Gasteiger partial charge in [0.15, 0.2) is 0 Å². The van der Waals surface area contributed by atoms with Crippen LogP contribution in [0.5, 0.6) is 0 Å². The number of hydrazine groups is 1. The summed E-state index contributed by atoms with van der Waals surface area (Å²) in [5.41, 5.74) is 4.98. The summed E-state index contributed by atoms with van der Waals surface area (Å²) in [7, 11) is 0. The number of urea groups is 1. The van der Waals surface area contributed by atoms with Crippen LogP contribution < -0.4 is 16.2 Å². The maximum absolute atomic E-state index is 11.1. The quantitative estimate of drug-likeness (QED) is 0.430. The number of carbonyl (C=O) groups is 2. The predicted molar refractivity (Wildman–Crippen MR) is 64.1 cm³/mol. The Morgan fingerprint density at radius 1 is 1.28 bits per heavy atom. The zero-order valence-electron chi connectivity index (χ0n) is 8.97. The average molecular weight is 273 g/mol. The molecule has 0 radical (unpaired) electrons. The van der Waals surface area contributed by atoms with Crippen LogP contribution >= 0.6 is 11.6 Å². The number of benzene rings is 1. The average Bonchev–Trinajstić information content (AvgIpc) is 2.36. The zero-order chi connectivity index (χ0) is 13.5. The van der Waals surface area contributed by atoms with Gasteiger partial charge in [-0.15, -0.1) is 11.6 Å². The summed E-state index contributed by atoms with van der Waals surface area (Å²) in [5.74, 6) is -0.968. The van der Waals surface area contributed by atoms with Gasteiger partial charge < -0.3 is 0 Å². The largest absolute Gasteiger partial charge is 0.340 e. The van der Waals surface area contributed by atoms with Gasteiger partial charge in [0.2, 0.25) is 5.91 Å². The third kappa shape index (κ3) is 4.26. The van der Waals surface area contributed by atoms with Crippen LogP contribution in [0.2, 0.25) is 0 Å². The van der Waals surface area contributed by atoms with E-state index in [0.717, 1.165) is 0 Å². The number of imide groups is 1. The monoisotopic (exact) mass is 272 g/mol. The van der Waals surface area contributed by atoms with Crippen LogP contribution in [0.1, 0.15) is 0 Å². The molecule has 9 heteroatoms. The van der Waals surface area contributed by atoms with E-state index in [-0.39, 0.29) is 11.6 Å². The Labute approximate surface area is 106 Å². The lowest BCUT2D eigenvalue weighted by Gasteiger charge is -2.08. The topological polar surface area (TPSA) is 113 Å². The Morgan fingerprint density at radius 2 is 1.89 bits per heavy atom. The number of rotatable bonds is 4. The van der Waals surface area contributed by atoms with Crippen molar-refractivity contribution in [2.45, 2.75) is 0 Å². The lowest BCUT2D eigenvalue weighted by atomic mass is 10.3. The molecule has 3 amide bonds. The van der Waals surface area contributed by atoms with Crippen molar-refractivity contribution in [3.05, 3.63) is 34.4 Å². The van der Waals surface area contributed by atoms with E-state index in [0.29, 0.717) is 5.69 Å². The van der Waals surface area contributed by atoms with E-state index in [1.54, 1.807) is 0 Å². The van der Waals surface area contributed by atoms with Crippen LogP contribution in [0.4, 0.5) is 16.2 Å². The van der Waals surface area contributed by atoms with Gasteiger partial charge in [-0.1, -0.05) is 0 Å². The molecular weight excluding hydrogens is 264 g/mol. The van der Waals surface area contributed by atoms with Gasteiger partial charge in [-0.3, -0.25) is 31.1 Å². The van der Waals surface area contributed by atoms with Crippen LogP contribution in [-0.2, 0) is 4.79 Å². The highest BCUT2D eigenvalue weighted by atomic mass is 35.5. The Balaban J connectivity index is 2.46. The Kier molecular flexibility index (Phi) is 4.88. The number of nitro benzene ring substituents is 1. The number of carbonyl (C=O) groups excluding carboxylic acids is 2. The van der Waals surface area contributed by atoms with Crippen molar-refractivity contribution in [3.63, 3.8) is 0 Å². The standard InChI is InChI=1S/C9H9ClN4O4/c10-5-8(15)11-9(16)13-12-6-1-3-7(4-2-6)14(17)18/h1-4,12H,5H2,(H2,11,13,15,16). The van der Waals surface area contributed by atoms with Crippen molar-refractivity contribution in [3.8, 4) is 0 Å². The molecule has 0 aliphatic carbocycles. The van der Waals surface area contributed by atoms with Gasteiger partial charge in [-0.05, 0) is 12.1 Å². The number of nitrogens with zero attached hydrogens (tertiary/aromatic N) is 1. The fourth-order valence-corrected chi connectivity index (χ4v) is 1.05. The molecule has 96 valence electrons. The number of amides is 3. The van der Waals surface area contributed by atoms with Crippen LogP contribution in [0, 0.1) is 10.1 Å². The maximum Gasteiger partial charge on any atom is 0.340 e. The second-order valence-corrected chi connectivity index (χ2v) is 3.33. The first-order valence-corrected chi connectivity index (χ1v) is 5.22. The minimum absolute atomic E-state index is 0.0673. The van der Waals surface area contributed by atoms with Gasteiger partial charge in [0.05, 0.1) is 10.6 Å². The number of non-ortho nitro benzene ring substituents is 1. The van der Waals surface area contributed by atoms with E-state index >= 15 is 0 Å². The predicted octanol–water partition coefficient (Wildman–Crippen LogP) is 0.986. The minimum atomic E-state index is -0.779. The minimum Gasteiger partial charge on any atom is -0.297 e. The molecule has 3 N–H and O–H groups in total. The summed E-state index contributed by atoms with van der Waals surface area (Å²) in [4.78, 5) is 31.7. The summed E-state index contributed by atoms with van der Waals surface area (Å²) in [6, 6.07) is 4.57. The van der Waals surface area contributed by atoms with Crippen LogP contribution in [0.3, 0.4) is 0 Å². The highest BCUT2D eigenvalue weighted by molar-refractivity contribution is 6.28. The summed E-state index contributed by atoms with van der Waals surface area (Å²) in [5, 5.41) is 12.3. The molecule has 1 rings (SSSR count). The van der Waals surface area contributed by atoms with Crippen molar-refractivity contribution >= 4 is 34.9 Å². The van der Waals surface area contributed by atoms with Crippen molar-refractivity contribution in [2.75, 3.05) is 11.3 Å². The van der Waals surface area contributed by atoms with Crippen molar-refractivity contribution in [1.29, 1.82) is 0 Å². The third-order valence-corrected chi connectivity index (χ3v) is 2.02. The van der Waals surface area contributed by atoms with E-state index in [1.807, 2.05) is 5.32 Å². The summed E-state index contributed by atoms with van der Waals surface area (Å²) < 4.78 is 0. The van der Waals surface area contributed by atoms with Gasteiger partial charge in [-0.2, -0.15) is 0 Å². The molecule has 0 atom stereocenters. The second kappa shape index (κ2) is 6.40. The second-order valence-electron chi connectivity index (χ2n) is 3.06. The van der Waals surface area contributed by atoms with Gasteiger partial charge in [0.25, 0.3) is 5.69 Å². The normalized spacial score (nSPS) is 9.39. The van der Waals surface area contributed by atoms with Crippen molar-refractivity contribution < 1.29 is 14.5 Å². The molecule has 8 nitrogen and oxygen atoms in total. The van der Waals surface area contributed by atoms with Crippen molar-refractivity contribution in [1.82, 2.24) is 10.7 Å². The fraction of sp³-hybridized carbons (Fsp3) is 0.111. The van der Waals surface area contributed by atoms with E-state index < -0.39 is 16.9 Å². The van der Waals surface area contributed by atoms with Gasteiger partial charge in [0.1, 0.15) is 5.88 Å². The van der Waals surface area contributed by atoms with Crippen molar-refractivity contribution in [2.24, 2.45) is 0 Å². The first kappa shape index (κ1) is 13.7. The lowest BCUT2D eigenvalue weighted by Crippen LogP contribution is -2.42. The van der Waals surface area contributed by atoms with Gasteiger partial charge in [0, 0.05) is 12.1 Å². The fourth-order valence-electron chi connectivity index (χ4n) is 0.987. The zero-order valence-corrected chi connectivity index (χ0v) is 9.73. The van der Waals surface area contributed by atoms with Crippen LogP contribution in [-0.4, -0.2) is 22.7 Å². The summed E-state index contributed by atoms with van der Waals surface area (Å²) in [6.07, 6.45) is 0. The first-order chi connectivity index (χ1) is 8.52. The third-order valence-electron chi connectivity index (χ3n) is 1.77. The molecule has 1 aromatic carbocycles. The molecule has 0 aliphatic heterocycles. The highest BCUT2D eigenvalue weighted by Gasteiger charge is 2.06. The molecule has 1 aromatic rings. The first-order valence-electron chi connectivity index (χ1n) is 4.69. The molecule has 0 bridgehead atoms.